The zero-order chi connectivity index (χ0) is 16.8. The molecule has 1 unspecified atom stereocenters. The van der Waals surface area contributed by atoms with Crippen molar-refractivity contribution in [1.29, 1.82) is 0 Å². The van der Waals surface area contributed by atoms with E-state index in [9.17, 15) is 13.2 Å². The van der Waals surface area contributed by atoms with Crippen LogP contribution in [-0.2, 0) is 14.8 Å². The Kier molecular flexibility index (Phi) is 3.69. The predicted molar refractivity (Wildman–Crippen MR) is 85.5 cm³/mol. The minimum absolute atomic E-state index is 0.0827. The van der Waals surface area contributed by atoms with Gasteiger partial charge in [-0.1, -0.05) is 6.07 Å². The van der Waals surface area contributed by atoms with Crippen molar-refractivity contribution in [2.75, 3.05) is 26.3 Å². The Bertz CT molecular complexity index is 779. The molecular weight excluding hydrogens is 332 g/mol. The second kappa shape index (κ2) is 5.63. The van der Waals surface area contributed by atoms with Gasteiger partial charge >= 0.3 is 0 Å². The maximum Gasteiger partial charge on any atom is 0.247 e. The Morgan fingerprint density at radius 2 is 1.92 bits per heavy atom. The molecule has 3 aliphatic heterocycles. The van der Waals surface area contributed by atoms with Crippen LogP contribution < -0.4 is 14.8 Å². The molecule has 7 nitrogen and oxygen atoms in total. The average molecular weight is 352 g/mol. The summed E-state index contributed by atoms with van der Waals surface area (Å²) in [4.78, 5) is 12.6. The summed E-state index contributed by atoms with van der Waals surface area (Å²) in [6, 6.07) is 4.86. The minimum Gasteiger partial charge on any atom is -0.486 e. The van der Waals surface area contributed by atoms with Crippen molar-refractivity contribution in [2.24, 2.45) is 0 Å². The van der Waals surface area contributed by atoms with E-state index in [2.05, 4.69) is 5.32 Å². The summed E-state index contributed by atoms with van der Waals surface area (Å²) in [5.41, 5.74) is -0.963. The summed E-state index contributed by atoms with van der Waals surface area (Å²) >= 11 is 0. The molecule has 1 N–H and O–H groups in total. The van der Waals surface area contributed by atoms with Crippen molar-refractivity contribution in [3.63, 3.8) is 0 Å². The lowest BCUT2D eigenvalue weighted by Gasteiger charge is -2.39. The van der Waals surface area contributed by atoms with Crippen LogP contribution in [0, 0.1) is 0 Å². The Morgan fingerprint density at radius 3 is 2.75 bits per heavy atom. The molecule has 1 atom stereocenters. The molecule has 0 saturated carbocycles. The summed E-state index contributed by atoms with van der Waals surface area (Å²) in [7, 11) is -3.85. The van der Waals surface area contributed by atoms with Crippen molar-refractivity contribution < 1.29 is 22.7 Å². The normalized spacial score (nSPS) is 27.2. The van der Waals surface area contributed by atoms with Crippen LogP contribution in [0.15, 0.2) is 23.1 Å². The standard InChI is InChI=1S/C16H20N2O5S/c19-15-16(6-2-8-17-15)7-3-9-18(16)24(20,21)13-5-1-4-12-14(13)23-11-10-22-12/h1,4-5H,2-3,6-11H2,(H,17,19). The highest BCUT2D eigenvalue weighted by Crippen LogP contribution is 2.43. The van der Waals surface area contributed by atoms with Crippen molar-refractivity contribution in [1.82, 2.24) is 9.62 Å². The van der Waals surface area contributed by atoms with Gasteiger partial charge in [-0.25, -0.2) is 8.42 Å². The fraction of sp³-hybridized carbons (Fsp3) is 0.562. The highest BCUT2D eigenvalue weighted by molar-refractivity contribution is 7.89. The number of amides is 1. The number of benzene rings is 1. The number of carbonyl (C=O) groups excluding carboxylic acids is 1. The summed E-state index contributed by atoms with van der Waals surface area (Å²) in [6.07, 6.45) is 2.58. The van der Waals surface area contributed by atoms with Gasteiger partial charge in [0.05, 0.1) is 0 Å². The van der Waals surface area contributed by atoms with Crippen LogP contribution in [-0.4, -0.2) is 50.5 Å². The topological polar surface area (TPSA) is 84.9 Å². The van der Waals surface area contributed by atoms with Crippen LogP contribution in [0.25, 0.3) is 0 Å². The summed E-state index contributed by atoms with van der Waals surface area (Å²) in [5.74, 6) is 0.502. The third kappa shape index (κ3) is 2.20. The summed E-state index contributed by atoms with van der Waals surface area (Å²) < 4.78 is 39.1. The van der Waals surface area contributed by atoms with E-state index in [4.69, 9.17) is 9.47 Å². The number of ether oxygens (including phenoxy) is 2. The van der Waals surface area contributed by atoms with Gasteiger partial charge in [-0.2, -0.15) is 4.31 Å². The molecule has 0 aliphatic carbocycles. The molecule has 0 aromatic heterocycles. The fourth-order valence-corrected chi connectivity index (χ4v) is 5.89. The third-order valence-corrected chi connectivity index (χ3v) is 6.99. The van der Waals surface area contributed by atoms with E-state index >= 15 is 0 Å². The number of piperidine rings is 1. The van der Waals surface area contributed by atoms with Crippen molar-refractivity contribution >= 4 is 15.9 Å². The largest absolute Gasteiger partial charge is 0.486 e. The number of hydrogen-bond acceptors (Lipinski definition) is 5. The van der Waals surface area contributed by atoms with Gasteiger partial charge in [0.1, 0.15) is 23.6 Å². The molecule has 0 radical (unpaired) electrons. The smallest absolute Gasteiger partial charge is 0.247 e. The van der Waals surface area contributed by atoms with Gasteiger partial charge in [0, 0.05) is 13.1 Å². The fourth-order valence-electron chi connectivity index (χ4n) is 3.91. The first-order valence-corrected chi connectivity index (χ1v) is 9.69. The first kappa shape index (κ1) is 15.7. The lowest BCUT2D eigenvalue weighted by molar-refractivity contribution is -0.131. The molecule has 1 aromatic rings. The Balaban J connectivity index is 1.79. The van der Waals surface area contributed by atoms with Gasteiger partial charge in [0.25, 0.3) is 0 Å². The molecule has 3 heterocycles. The molecular formula is C16H20N2O5S. The zero-order valence-electron chi connectivity index (χ0n) is 13.3. The molecule has 2 fully saturated rings. The van der Waals surface area contributed by atoms with E-state index < -0.39 is 15.6 Å². The number of nitrogens with one attached hydrogen (secondary N) is 1. The summed E-state index contributed by atoms with van der Waals surface area (Å²) in [5, 5.41) is 2.83. The second-order valence-electron chi connectivity index (χ2n) is 6.35. The summed E-state index contributed by atoms with van der Waals surface area (Å²) in [6.45, 7) is 1.66. The lowest BCUT2D eigenvalue weighted by Crippen LogP contribution is -2.60. The van der Waals surface area contributed by atoms with Crippen LogP contribution in [0.4, 0.5) is 0 Å². The van der Waals surface area contributed by atoms with Crippen molar-refractivity contribution in [3.8, 4) is 11.5 Å². The number of carbonyl (C=O) groups is 1. The molecule has 2 saturated heterocycles. The lowest BCUT2D eigenvalue weighted by atomic mass is 9.88. The van der Waals surface area contributed by atoms with Gasteiger partial charge in [-0.15, -0.1) is 0 Å². The number of nitrogens with zero attached hydrogens (tertiary/aromatic N) is 1. The van der Waals surface area contributed by atoms with Crippen LogP contribution in [0.3, 0.4) is 0 Å². The Morgan fingerprint density at radius 1 is 1.12 bits per heavy atom. The quantitative estimate of drug-likeness (QED) is 0.854. The third-order valence-electron chi connectivity index (χ3n) is 5.00. The van der Waals surface area contributed by atoms with Crippen molar-refractivity contribution in [2.45, 2.75) is 36.1 Å². The maximum absolute atomic E-state index is 13.3. The van der Waals surface area contributed by atoms with E-state index in [1.807, 2.05) is 0 Å². The highest BCUT2D eigenvalue weighted by Gasteiger charge is 2.54. The Hall–Kier alpha value is -1.80. The van der Waals surface area contributed by atoms with E-state index in [1.165, 1.54) is 10.4 Å². The number of para-hydroxylation sites is 1. The minimum atomic E-state index is -3.85. The molecule has 1 spiro atoms. The average Bonchev–Trinajstić information content (AvgIpc) is 3.02. The molecule has 24 heavy (non-hydrogen) atoms. The molecule has 1 aromatic carbocycles. The number of rotatable bonds is 2. The molecule has 8 heteroatoms. The van der Waals surface area contributed by atoms with Crippen LogP contribution >= 0.6 is 0 Å². The molecule has 130 valence electrons. The van der Waals surface area contributed by atoms with Gasteiger partial charge in [0.2, 0.25) is 15.9 Å². The highest BCUT2D eigenvalue weighted by atomic mass is 32.2. The number of fused-ring (bicyclic) bond motifs is 1. The molecule has 3 aliphatic rings. The van der Waals surface area contributed by atoms with E-state index in [1.54, 1.807) is 12.1 Å². The number of hydrogen-bond donors (Lipinski definition) is 1. The predicted octanol–water partition coefficient (Wildman–Crippen LogP) is 0.891. The van der Waals surface area contributed by atoms with E-state index in [0.717, 1.165) is 6.42 Å². The van der Waals surface area contributed by atoms with E-state index in [0.29, 0.717) is 51.3 Å². The molecule has 4 rings (SSSR count). The Labute approximate surface area is 141 Å². The van der Waals surface area contributed by atoms with Gasteiger partial charge in [-0.05, 0) is 37.8 Å². The van der Waals surface area contributed by atoms with Crippen LogP contribution in [0.5, 0.6) is 11.5 Å². The van der Waals surface area contributed by atoms with Crippen LogP contribution in [0.2, 0.25) is 0 Å². The second-order valence-corrected chi connectivity index (χ2v) is 8.18. The van der Waals surface area contributed by atoms with Crippen molar-refractivity contribution in [3.05, 3.63) is 18.2 Å². The maximum atomic E-state index is 13.3. The number of sulfonamides is 1. The molecule has 0 bridgehead atoms. The first-order valence-electron chi connectivity index (χ1n) is 8.25. The van der Waals surface area contributed by atoms with Gasteiger partial charge in [0.15, 0.2) is 11.5 Å². The van der Waals surface area contributed by atoms with Gasteiger partial charge < -0.3 is 14.8 Å². The monoisotopic (exact) mass is 352 g/mol. The first-order chi connectivity index (χ1) is 11.6. The van der Waals surface area contributed by atoms with E-state index in [-0.39, 0.29) is 16.6 Å². The van der Waals surface area contributed by atoms with Gasteiger partial charge in [-0.3, -0.25) is 4.79 Å². The molecule has 1 amide bonds. The zero-order valence-corrected chi connectivity index (χ0v) is 14.1. The van der Waals surface area contributed by atoms with Crippen LogP contribution in [0.1, 0.15) is 25.7 Å². The SMILES string of the molecule is O=C1NCCCC12CCCN2S(=O)(=O)c1cccc2c1OCCO2.